The number of carbonyl (C=O) groups excluding carboxylic acids is 1. The number of hydrogen-bond donors (Lipinski definition) is 1. The van der Waals surface area contributed by atoms with Crippen molar-refractivity contribution in [2.45, 2.75) is 60.5 Å². The van der Waals surface area contributed by atoms with Gasteiger partial charge in [0.05, 0.1) is 5.54 Å². The van der Waals surface area contributed by atoms with Gasteiger partial charge in [-0.15, -0.1) is 0 Å². The Bertz CT molecular complexity index is 876. The molecule has 1 aliphatic heterocycles. The highest BCUT2D eigenvalue weighted by Crippen LogP contribution is 2.29. The molecule has 0 unspecified atom stereocenters. The molecule has 0 spiro atoms. The van der Waals surface area contributed by atoms with Crippen LogP contribution in [-0.2, 0) is 6.54 Å². The Balaban J connectivity index is 0.000000521. The normalized spacial score (nSPS) is 14.7. The van der Waals surface area contributed by atoms with Crippen molar-refractivity contribution in [2.75, 3.05) is 18.4 Å². The van der Waals surface area contributed by atoms with Crippen LogP contribution in [0.2, 0.25) is 0 Å². The summed E-state index contributed by atoms with van der Waals surface area (Å²) in [5, 5.41) is 3.57. The molecule has 0 radical (unpaired) electrons. The molecule has 3 heteroatoms. The van der Waals surface area contributed by atoms with Gasteiger partial charge in [-0.1, -0.05) is 80.1 Å². The first-order chi connectivity index (χ1) is 14.8. The van der Waals surface area contributed by atoms with Crippen LogP contribution in [0.15, 0.2) is 72.8 Å². The Kier molecular flexibility index (Phi) is 11.0. The minimum Gasteiger partial charge on any atom is -0.377 e. The van der Waals surface area contributed by atoms with E-state index in [9.17, 15) is 4.79 Å². The fourth-order valence-corrected chi connectivity index (χ4v) is 3.54. The zero-order valence-corrected chi connectivity index (χ0v) is 20.5. The number of anilines is 1. The molecule has 168 valence electrons. The van der Waals surface area contributed by atoms with Crippen molar-refractivity contribution in [1.29, 1.82) is 0 Å². The molecule has 1 saturated heterocycles. The summed E-state index contributed by atoms with van der Waals surface area (Å²) in [5.74, 6) is 0.104. The molecule has 0 saturated carbocycles. The second-order valence-electron chi connectivity index (χ2n) is 8.16. The van der Waals surface area contributed by atoms with E-state index in [2.05, 4.69) is 54.9 Å². The summed E-state index contributed by atoms with van der Waals surface area (Å²) in [6, 6.07) is 16.4. The smallest absolute Gasteiger partial charge is 0.161 e. The van der Waals surface area contributed by atoms with Gasteiger partial charge in [-0.3, -0.25) is 9.69 Å². The number of likely N-dealkylation sites (tertiary alicyclic amines) is 1. The van der Waals surface area contributed by atoms with Crippen LogP contribution in [-0.4, -0.2) is 29.3 Å². The van der Waals surface area contributed by atoms with E-state index in [1.165, 1.54) is 16.7 Å². The zero-order chi connectivity index (χ0) is 23.4. The van der Waals surface area contributed by atoms with Crippen LogP contribution in [0.5, 0.6) is 0 Å². The predicted molar refractivity (Wildman–Crippen MR) is 136 cm³/mol. The number of Topliss-reactive ketones (excluding diaryl/α,β-unsaturated/α-hetero) is 1. The molecular weight excluding hydrogens is 380 g/mol. The lowest BCUT2D eigenvalue weighted by Crippen LogP contribution is -2.63. The number of para-hydroxylation sites is 1. The Morgan fingerprint density at radius 3 is 2.29 bits per heavy atom. The highest BCUT2D eigenvalue weighted by molar-refractivity contribution is 5.99. The van der Waals surface area contributed by atoms with Crippen LogP contribution in [0.4, 0.5) is 5.69 Å². The van der Waals surface area contributed by atoms with Crippen molar-refractivity contribution in [3.05, 3.63) is 89.5 Å². The summed E-state index contributed by atoms with van der Waals surface area (Å²) in [5.41, 5.74) is 5.63. The van der Waals surface area contributed by atoms with Gasteiger partial charge in [0.15, 0.2) is 5.78 Å². The quantitative estimate of drug-likeness (QED) is 0.401. The minimum absolute atomic E-state index is 0.0232. The van der Waals surface area contributed by atoms with Crippen LogP contribution < -0.4 is 5.32 Å². The average molecular weight is 421 g/mol. The lowest BCUT2D eigenvalue weighted by Gasteiger charge is -2.49. The van der Waals surface area contributed by atoms with Crippen molar-refractivity contribution in [3.8, 4) is 0 Å². The molecule has 0 atom stereocenters. The van der Waals surface area contributed by atoms with Crippen LogP contribution >= 0.6 is 0 Å². The van der Waals surface area contributed by atoms with E-state index in [0.29, 0.717) is 0 Å². The van der Waals surface area contributed by atoms with E-state index in [1.54, 1.807) is 6.92 Å². The molecule has 2 aromatic carbocycles. The van der Waals surface area contributed by atoms with E-state index in [4.69, 9.17) is 0 Å². The maximum absolute atomic E-state index is 11.7. The molecule has 2 aromatic rings. The Morgan fingerprint density at radius 1 is 1.13 bits per heavy atom. The number of hydrogen-bond acceptors (Lipinski definition) is 3. The van der Waals surface area contributed by atoms with E-state index in [0.717, 1.165) is 30.9 Å². The first-order valence-corrected chi connectivity index (χ1v) is 11.2. The topological polar surface area (TPSA) is 32.3 Å². The van der Waals surface area contributed by atoms with Gasteiger partial charge in [0.2, 0.25) is 0 Å². The fraction of sp³-hybridized carbons (Fsp3) is 0.393. The molecule has 1 N–H and O–H groups in total. The molecule has 3 nitrogen and oxygen atoms in total. The van der Waals surface area contributed by atoms with Gasteiger partial charge in [-0.2, -0.15) is 0 Å². The second-order valence-corrected chi connectivity index (χ2v) is 8.16. The molecule has 3 rings (SSSR count). The van der Waals surface area contributed by atoms with Crippen molar-refractivity contribution < 1.29 is 4.79 Å². The minimum atomic E-state index is 0.0232. The van der Waals surface area contributed by atoms with Gasteiger partial charge in [-0.05, 0) is 52.3 Å². The number of carbonyl (C=O) groups is 1. The SMILES string of the molecule is C=C/C(C)=C\C.CC.CC(=O)c1ccccc1NC1(C)CN(Cc2cccc(C)c2)C1. The second kappa shape index (κ2) is 12.9. The van der Waals surface area contributed by atoms with Crippen molar-refractivity contribution in [1.82, 2.24) is 4.90 Å². The van der Waals surface area contributed by atoms with Gasteiger partial charge < -0.3 is 5.32 Å². The maximum Gasteiger partial charge on any atom is 0.161 e. The van der Waals surface area contributed by atoms with Crippen LogP contribution in [0, 0.1) is 6.92 Å². The summed E-state index contributed by atoms with van der Waals surface area (Å²) in [6.07, 6.45) is 3.85. The third kappa shape index (κ3) is 8.55. The third-order valence-corrected chi connectivity index (χ3v) is 5.15. The van der Waals surface area contributed by atoms with Gasteiger partial charge in [0, 0.05) is 30.9 Å². The number of aryl methyl sites for hydroxylation is 1. The molecular formula is C28H40N2O. The molecule has 1 fully saturated rings. The summed E-state index contributed by atoms with van der Waals surface area (Å²) in [7, 11) is 0. The van der Waals surface area contributed by atoms with Crippen LogP contribution in [0.1, 0.15) is 63.0 Å². The number of allylic oxidation sites excluding steroid dienone is 3. The summed E-state index contributed by atoms with van der Waals surface area (Å²) in [6.45, 7) is 20.5. The lowest BCUT2D eigenvalue weighted by molar-refractivity contribution is 0.0903. The van der Waals surface area contributed by atoms with E-state index in [1.807, 2.05) is 64.1 Å². The van der Waals surface area contributed by atoms with Gasteiger partial charge >= 0.3 is 0 Å². The highest BCUT2D eigenvalue weighted by Gasteiger charge is 2.38. The fourth-order valence-electron chi connectivity index (χ4n) is 3.54. The summed E-state index contributed by atoms with van der Waals surface area (Å²) < 4.78 is 0. The molecule has 0 bridgehead atoms. The Morgan fingerprint density at radius 2 is 1.77 bits per heavy atom. The number of nitrogens with zero attached hydrogens (tertiary/aromatic N) is 1. The molecule has 0 amide bonds. The van der Waals surface area contributed by atoms with Gasteiger partial charge in [0.1, 0.15) is 0 Å². The van der Waals surface area contributed by atoms with Crippen molar-refractivity contribution >= 4 is 11.5 Å². The molecule has 1 heterocycles. The standard InChI is InChI=1S/C20H24N2O.C6H10.C2H6/c1-15-7-6-8-17(11-15)12-22-13-20(3,14-22)21-19-10-5-4-9-18(19)16(2)23;1-4-6(3)5-2;1-2/h4-11,21H,12-14H2,1-3H3;4-5H,1H2,2-3H3;1-2H3/b;6-5-;. The molecule has 31 heavy (non-hydrogen) atoms. The van der Waals surface area contributed by atoms with E-state index >= 15 is 0 Å². The molecule has 1 aliphatic rings. The largest absolute Gasteiger partial charge is 0.377 e. The van der Waals surface area contributed by atoms with E-state index in [-0.39, 0.29) is 11.3 Å². The zero-order valence-electron chi connectivity index (χ0n) is 20.5. The Labute approximate surface area is 189 Å². The van der Waals surface area contributed by atoms with Crippen molar-refractivity contribution in [3.63, 3.8) is 0 Å². The van der Waals surface area contributed by atoms with Crippen LogP contribution in [0.25, 0.3) is 0 Å². The van der Waals surface area contributed by atoms with Gasteiger partial charge in [0.25, 0.3) is 0 Å². The first-order valence-electron chi connectivity index (χ1n) is 11.2. The molecule has 0 aliphatic carbocycles. The maximum atomic E-state index is 11.7. The number of benzene rings is 2. The predicted octanol–water partition coefficient (Wildman–Crippen LogP) is 7.05. The summed E-state index contributed by atoms with van der Waals surface area (Å²) in [4.78, 5) is 14.2. The third-order valence-electron chi connectivity index (χ3n) is 5.15. The monoisotopic (exact) mass is 420 g/mol. The number of rotatable bonds is 6. The summed E-state index contributed by atoms with van der Waals surface area (Å²) >= 11 is 0. The molecule has 0 aromatic heterocycles. The lowest BCUT2D eigenvalue weighted by atomic mass is 9.90. The Hall–Kier alpha value is -2.65. The van der Waals surface area contributed by atoms with E-state index < -0.39 is 0 Å². The number of nitrogens with one attached hydrogen (secondary N) is 1. The van der Waals surface area contributed by atoms with Crippen LogP contribution in [0.3, 0.4) is 0 Å². The number of ketones is 1. The first kappa shape index (κ1) is 26.4. The highest BCUT2D eigenvalue weighted by atomic mass is 16.1. The average Bonchev–Trinajstić information content (AvgIpc) is 2.74. The van der Waals surface area contributed by atoms with Crippen molar-refractivity contribution in [2.24, 2.45) is 0 Å². The van der Waals surface area contributed by atoms with Gasteiger partial charge in [-0.25, -0.2) is 0 Å².